The van der Waals surface area contributed by atoms with Crippen LogP contribution in [0.4, 0.5) is 18.9 Å². The predicted octanol–water partition coefficient (Wildman–Crippen LogP) is 2.36. The number of carbonyl (C=O) groups is 1. The Bertz CT molecular complexity index is 499. The molecule has 1 aromatic carbocycles. The van der Waals surface area contributed by atoms with Crippen molar-refractivity contribution in [3.05, 3.63) is 29.8 Å². The van der Waals surface area contributed by atoms with Crippen molar-refractivity contribution in [2.24, 2.45) is 0 Å². The normalized spacial score (nSPS) is 17.4. The van der Waals surface area contributed by atoms with Gasteiger partial charge >= 0.3 is 6.18 Å². The van der Waals surface area contributed by atoms with Crippen LogP contribution >= 0.6 is 0 Å². The van der Waals surface area contributed by atoms with Crippen molar-refractivity contribution in [1.82, 2.24) is 4.90 Å². The molecule has 1 saturated heterocycles. The summed E-state index contributed by atoms with van der Waals surface area (Å²) in [5.74, 6) is -0.143. The third-order valence-electron chi connectivity index (χ3n) is 3.27. The molecular weight excluding hydrogens is 285 g/mol. The van der Waals surface area contributed by atoms with Crippen LogP contribution in [0.2, 0.25) is 0 Å². The molecule has 0 saturated carbocycles. The molecule has 1 unspecified atom stereocenters. The first-order chi connectivity index (χ1) is 9.88. The van der Waals surface area contributed by atoms with Gasteiger partial charge in [-0.15, -0.1) is 0 Å². The highest BCUT2D eigenvalue weighted by atomic mass is 19.4. The van der Waals surface area contributed by atoms with Crippen molar-refractivity contribution in [3.63, 3.8) is 0 Å². The molecule has 1 fully saturated rings. The van der Waals surface area contributed by atoms with Crippen molar-refractivity contribution in [1.29, 1.82) is 0 Å². The summed E-state index contributed by atoms with van der Waals surface area (Å²) >= 11 is 0. The monoisotopic (exact) mass is 302 g/mol. The Labute approximate surface area is 120 Å². The summed E-state index contributed by atoms with van der Waals surface area (Å²) in [6.45, 7) is 3.63. The van der Waals surface area contributed by atoms with Crippen molar-refractivity contribution in [3.8, 4) is 0 Å². The number of halogens is 3. The molecule has 0 aromatic heterocycles. The fourth-order valence-electron chi connectivity index (χ4n) is 2.15. The van der Waals surface area contributed by atoms with Crippen LogP contribution in [-0.2, 0) is 15.7 Å². The minimum atomic E-state index is -4.39. The van der Waals surface area contributed by atoms with Gasteiger partial charge in [-0.2, -0.15) is 13.2 Å². The Balaban J connectivity index is 2.02. The summed E-state index contributed by atoms with van der Waals surface area (Å²) in [6.07, 6.45) is -4.39. The SMILES string of the molecule is CC(Nc1cccc(C(F)(F)F)c1)C(=O)N1CCOCC1. The molecule has 1 N–H and O–H groups in total. The molecular formula is C14H17F3N2O2. The van der Waals surface area contributed by atoms with E-state index in [-0.39, 0.29) is 11.6 Å². The summed E-state index contributed by atoms with van der Waals surface area (Å²) in [6, 6.07) is 4.24. The second kappa shape index (κ2) is 6.34. The van der Waals surface area contributed by atoms with E-state index in [0.29, 0.717) is 26.3 Å². The Morgan fingerprint density at radius 1 is 1.33 bits per heavy atom. The van der Waals surface area contributed by atoms with E-state index in [9.17, 15) is 18.0 Å². The Morgan fingerprint density at radius 2 is 2.00 bits per heavy atom. The zero-order chi connectivity index (χ0) is 15.5. The first-order valence-corrected chi connectivity index (χ1v) is 6.68. The summed E-state index contributed by atoms with van der Waals surface area (Å²) < 4.78 is 43.1. The lowest BCUT2D eigenvalue weighted by molar-refractivity contribution is -0.137. The van der Waals surface area contributed by atoms with Crippen molar-refractivity contribution in [2.75, 3.05) is 31.6 Å². The fraction of sp³-hybridized carbons (Fsp3) is 0.500. The van der Waals surface area contributed by atoms with E-state index in [1.807, 2.05) is 0 Å². The number of ether oxygens (including phenoxy) is 1. The number of hydrogen-bond donors (Lipinski definition) is 1. The third-order valence-corrected chi connectivity index (χ3v) is 3.27. The average Bonchev–Trinajstić information content (AvgIpc) is 2.47. The largest absolute Gasteiger partial charge is 0.416 e. The van der Waals surface area contributed by atoms with Crippen molar-refractivity contribution in [2.45, 2.75) is 19.1 Å². The molecule has 1 aliphatic heterocycles. The minimum absolute atomic E-state index is 0.143. The smallest absolute Gasteiger partial charge is 0.378 e. The van der Waals surface area contributed by atoms with E-state index in [4.69, 9.17) is 4.74 Å². The van der Waals surface area contributed by atoms with Gasteiger partial charge in [0.2, 0.25) is 5.91 Å². The first kappa shape index (κ1) is 15.6. The number of nitrogens with zero attached hydrogens (tertiary/aromatic N) is 1. The van der Waals surface area contributed by atoms with Crippen LogP contribution in [0.5, 0.6) is 0 Å². The van der Waals surface area contributed by atoms with Gasteiger partial charge in [-0.25, -0.2) is 0 Å². The molecule has 1 aliphatic rings. The first-order valence-electron chi connectivity index (χ1n) is 6.68. The van der Waals surface area contributed by atoms with E-state index in [1.165, 1.54) is 12.1 Å². The predicted molar refractivity (Wildman–Crippen MR) is 71.9 cm³/mol. The number of anilines is 1. The number of morpholine rings is 1. The Hall–Kier alpha value is -1.76. The standard InChI is InChI=1S/C14H17F3N2O2/c1-10(13(20)19-5-7-21-8-6-19)18-12-4-2-3-11(9-12)14(15,16)17/h2-4,9-10,18H,5-8H2,1H3. The number of carbonyl (C=O) groups excluding carboxylic acids is 1. The Morgan fingerprint density at radius 3 is 2.62 bits per heavy atom. The maximum absolute atomic E-state index is 12.6. The highest BCUT2D eigenvalue weighted by Crippen LogP contribution is 2.30. The number of rotatable bonds is 3. The molecule has 1 heterocycles. The molecule has 0 radical (unpaired) electrons. The molecule has 0 spiro atoms. The van der Waals surface area contributed by atoms with E-state index < -0.39 is 17.8 Å². The van der Waals surface area contributed by atoms with Gasteiger partial charge in [0.15, 0.2) is 0 Å². The lowest BCUT2D eigenvalue weighted by Gasteiger charge is -2.29. The highest BCUT2D eigenvalue weighted by Gasteiger charge is 2.30. The van der Waals surface area contributed by atoms with Crippen molar-refractivity contribution < 1.29 is 22.7 Å². The molecule has 0 aliphatic carbocycles. The number of nitrogens with one attached hydrogen (secondary N) is 1. The second-order valence-corrected chi connectivity index (χ2v) is 4.88. The summed E-state index contributed by atoms with van der Waals surface area (Å²) in [7, 11) is 0. The fourth-order valence-corrected chi connectivity index (χ4v) is 2.15. The average molecular weight is 302 g/mol. The lowest BCUT2D eigenvalue weighted by atomic mass is 10.1. The van der Waals surface area contributed by atoms with Crippen LogP contribution in [0.1, 0.15) is 12.5 Å². The van der Waals surface area contributed by atoms with Gasteiger partial charge < -0.3 is 15.0 Å². The number of amides is 1. The highest BCUT2D eigenvalue weighted by molar-refractivity contribution is 5.84. The number of benzene rings is 1. The van der Waals surface area contributed by atoms with Gasteiger partial charge in [0.05, 0.1) is 18.8 Å². The third kappa shape index (κ3) is 4.10. The molecule has 21 heavy (non-hydrogen) atoms. The molecule has 1 amide bonds. The van der Waals surface area contributed by atoms with E-state index in [0.717, 1.165) is 12.1 Å². The van der Waals surface area contributed by atoms with Crippen LogP contribution in [0.15, 0.2) is 24.3 Å². The molecule has 7 heteroatoms. The van der Waals surface area contributed by atoms with Gasteiger partial charge in [0.25, 0.3) is 0 Å². The van der Waals surface area contributed by atoms with Crippen LogP contribution in [0.25, 0.3) is 0 Å². The van der Waals surface area contributed by atoms with E-state index in [1.54, 1.807) is 11.8 Å². The molecule has 1 aromatic rings. The van der Waals surface area contributed by atoms with Gasteiger partial charge in [-0.05, 0) is 25.1 Å². The van der Waals surface area contributed by atoms with Gasteiger partial charge in [-0.3, -0.25) is 4.79 Å². The maximum atomic E-state index is 12.6. The molecule has 1 atom stereocenters. The van der Waals surface area contributed by atoms with Crippen LogP contribution < -0.4 is 5.32 Å². The number of hydrogen-bond acceptors (Lipinski definition) is 3. The van der Waals surface area contributed by atoms with Crippen LogP contribution in [-0.4, -0.2) is 43.2 Å². The van der Waals surface area contributed by atoms with E-state index >= 15 is 0 Å². The van der Waals surface area contributed by atoms with Crippen molar-refractivity contribution >= 4 is 11.6 Å². The quantitative estimate of drug-likeness (QED) is 0.932. The Kier molecular flexibility index (Phi) is 4.72. The van der Waals surface area contributed by atoms with E-state index in [2.05, 4.69) is 5.32 Å². The zero-order valence-corrected chi connectivity index (χ0v) is 11.6. The lowest BCUT2D eigenvalue weighted by Crippen LogP contribution is -2.47. The summed E-state index contributed by atoms with van der Waals surface area (Å²) in [5.41, 5.74) is -0.461. The minimum Gasteiger partial charge on any atom is -0.378 e. The van der Waals surface area contributed by atoms with Crippen LogP contribution in [0.3, 0.4) is 0 Å². The molecule has 2 rings (SSSR count). The topological polar surface area (TPSA) is 41.6 Å². The molecule has 0 bridgehead atoms. The summed E-state index contributed by atoms with van der Waals surface area (Å²) in [4.78, 5) is 13.8. The maximum Gasteiger partial charge on any atom is 0.416 e. The molecule has 116 valence electrons. The number of alkyl halides is 3. The van der Waals surface area contributed by atoms with Gasteiger partial charge in [0.1, 0.15) is 6.04 Å². The second-order valence-electron chi connectivity index (χ2n) is 4.88. The van der Waals surface area contributed by atoms with Gasteiger partial charge in [-0.1, -0.05) is 6.07 Å². The molecule has 4 nitrogen and oxygen atoms in total. The van der Waals surface area contributed by atoms with Crippen LogP contribution in [0, 0.1) is 0 Å². The van der Waals surface area contributed by atoms with Gasteiger partial charge in [0, 0.05) is 18.8 Å². The zero-order valence-electron chi connectivity index (χ0n) is 11.6. The summed E-state index contributed by atoms with van der Waals surface area (Å²) in [5, 5.41) is 2.82.